The molecule has 4 aromatic rings. The van der Waals surface area contributed by atoms with E-state index in [-0.39, 0.29) is 11.9 Å². The van der Waals surface area contributed by atoms with Crippen LogP contribution in [0.25, 0.3) is 32.2 Å². The van der Waals surface area contributed by atoms with Crippen LogP contribution in [0.1, 0.15) is 55.3 Å². The maximum Gasteiger partial charge on any atom is 0.263 e. The fraction of sp³-hybridized carbons (Fsp3) is 0.333. The van der Waals surface area contributed by atoms with Gasteiger partial charge in [-0.05, 0) is 67.3 Å². The van der Waals surface area contributed by atoms with E-state index in [1.165, 1.54) is 16.9 Å². The highest BCUT2D eigenvalue weighted by Gasteiger charge is 2.24. The summed E-state index contributed by atoms with van der Waals surface area (Å²) in [4.78, 5) is 18.5. The largest absolute Gasteiger partial charge is 0.494 e. The first-order chi connectivity index (χ1) is 15.9. The van der Waals surface area contributed by atoms with E-state index in [1.807, 2.05) is 6.92 Å². The number of anilines is 1. The lowest BCUT2D eigenvalue weighted by molar-refractivity contribution is 0.0949. The first kappa shape index (κ1) is 21.7. The molecular formula is C27H29N3O2S. The Kier molecular flexibility index (Phi) is 5.71. The summed E-state index contributed by atoms with van der Waals surface area (Å²) < 4.78 is 7.06. The van der Waals surface area contributed by atoms with Gasteiger partial charge in [0, 0.05) is 33.6 Å². The van der Waals surface area contributed by atoms with Gasteiger partial charge in [0.05, 0.1) is 23.5 Å². The summed E-state index contributed by atoms with van der Waals surface area (Å²) in [5, 5.41) is 8.69. The van der Waals surface area contributed by atoms with Crippen LogP contribution in [-0.2, 0) is 0 Å². The van der Waals surface area contributed by atoms with Crippen LogP contribution in [0.3, 0.4) is 0 Å². The van der Waals surface area contributed by atoms with Gasteiger partial charge in [-0.1, -0.05) is 20.8 Å². The number of fused-ring (bicyclic) bond motifs is 5. The highest BCUT2D eigenvalue weighted by atomic mass is 32.1. The van der Waals surface area contributed by atoms with E-state index in [1.54, 1.807) is 0 Å². The third-order valence-electron chi connectivity index (χ3n) is 6.06. The number of nitrogens with zero attached hydrogens (tertiary/aromatic N) is 1. The second kappa shape index (κ2) is 8.67. The molecule has 3 heterocycles. The lowest BCUT2D eigenvalue weighted by Crippen LogP contribution is -2.34. The minimum absolute atomic E-state index is 0.00783. The predicted octanol–water partition coefficient (Wildman–Crippen LogP) is 6.57. The Morgan fingerprint density at radius 1 is 1.18 bits per heavy atom. The van der Waals surface area contributed by atoms with Gasteiger partial charge >= 0.3 is 0 Å². The normalized spacial score (nSPS) is 15.9. The molecule has 1 aliphatic heterocycles. The van der Waals surface area contributed by atoms with Crippen molar-refractivity contribution in [3.63, 3.8) is 0 Å². The van der Waals surface area contributed by atoms with E-state index >= 15 is 0 Å². The number of benzene rings is 2. The number of amides is 1. The zero-order chi connectivity index (χ0) is 23.1. The lowest BCUT2D eigenvalue weighted by Gasteiger charge is -2.13. The number of ether oxygens (including phenoxy) is 1. The molecule has 6 heteroatoms. The van der Waals surface area contributed by atoms with E-state index in [4.69, 9.17) is 9.72 Å². The van der Waals surface area contributed by atoms with Gasteiger partial charge < -0.3 is 15.4 Å². The predicted molar refractivity (Wildman–Crippen MR) is 138 cm³/mol. The molecule has 170 valence electrons. The topological polar surface area (TPSA) is 63.2 Å². The molecule has 0 saturated carbocycles. The van der Waals surface area contributed by atoms with E-state index in [0.717, 1.165) is 55.0 Å². The molecular weight excluding hydrogens is 430 g/mol. The second-order valence-corrected chi connectivity index (χ2v) is 10.1. The van der Waals surface area contributed by atoms with Gasteiger partial charge in [-0.2, -0.15) is 0 Å². The second-order valence-electron chi connectivity index (χ2n) is 9.06. The van der Waals surface area contributed by atoms with Gasteiger partial charge in [-0.25, -0.2) is 4.98 Å². The molecule has 33 heavy (non-hydrogen) atoms. The van der Waals surface area contributed by atoms with Crippen molar-refractivity contribution in [2.24, 2.45) is 0 Å². The Hall–Kier alpha value is -3.12. The molecule has 1 amide bonds. The highest BCUT2D eigenvalue weighted by Crippen LogP contribution is 2.41. The highest BCUT2D eigenvalue weighted by molar-refractivity contribution is 7.21. The van der Waals surface area contributed by atoms with Crippen molar-refractivity contribution in [3.05, 3.63) is 52.9 Å². The first-order valence-corrected chi connectivity index (χ1v) is 12.5. The van der Waals surface area contributed by atoms with Crippen molar-refractivity contribution in [3.8, 4) is 17.0 Å². The number of hydrogen-bond acceptors (Lipinski definition) is 5. The number of rotatable bonds is 5. The molecule has 0 bridgehead atoms. The van der Waals surface area contributed by atoms with Crippen molar-refractivity contribution in [2.45, 2.75) is 46.1 Å². The summed E-state index contributed by atoms with van der Waals surface area (Å²) in [5.74, 6) is 1.28. The average Bonchev–Trinajstić information content (AvgIpc) is 3.13. The Labute approximate surface area is 198 Å². The van der Waals surface area contributed by atoms with Crippen LogP contribution < -0.4 is 15.4 Å². The van der Waals surface area contributed by atoms with Crippen LogP contribution >= 0.6 is 11.3 Å². The number of pyridine rings is 1. The minimum atomic E-state index is -0.00783. The molecule has 0 spiro atoms. The van der Waals surface area contributed by atoms with E-state index in [2.05, 4.69) is 73.9 Å². The molecule has 5 rings (SSSR count). The maximum absolute atomic E-state index is 12.7. The van der Waals surface area contributed by atoms with Crippen molar-refractivity contribution in [2.75, 3.05) is 18.5 Å². The molecule has 2 N–H and O–H groups in total. The fourth-order valence-electron chi connectivity index (χ4n) is 4.29. The molecule has 0 saturated heterocycles. The van der Waals surface area contributed by atoms with Crippen molar-refractivity contribution < 1.29 is 9.53 Å². The number of aromatic nitrogens is 1. The lowest BCUT2D eigenvalue weighted by atomic mass is 9.98. The molecule has 5 nitrogen and oxygen atoms in total. The van der Waals surface area contributed by atoms with Gasteiger partial charge in [0.25, 0.3) is 5.91 Å². The number of nitrogens with one attached hydrogen (secondary N) is 2. The van der Waals surface area contributed by atoms with Gasteiger partial charge in [-0.3, -0.25) is 4.79 Å². The Morgan fingerprint density at radius 2 is 2.03 bits per heavy atom. The summed E-state index contributed by atoms with van der Waals surface area (Å²) in [7, 11) is 0. The quantitative estimate of drug-likeness (QED) is 0.354. The SMILES string of the molecule is CCCOc1cc(-c2ccc3c(ccc4sc5c(c43)NC[C@@H](C)NC5=O)n2)cc(C(C)C)c1. The summed E-state index contributed by atoms with van der Waals surface area (Å²) >= 11 is 1.53. The van der Waals surface area contributed by atoms with Gasteiger partial charge in [-0.15, -0.1) is 11.3 Å². The van der Waals surface area contributed by atoms with Crippen LogP contribution in [0.15, 0.2) is 42.5 Å². The molecule has 0 radical (unpaired) electrons. The van der Waals surface area contributed by atoms with Crippen LogP contribution in [0, 0.1) is 0 Å². The molecule has 1 aliphatic rings. The van der Waals surface area contributed by atoms with E-state index in [0.29, 0.717) is 19.1 Å². The van der Waals surface area contributed by atoms with Crippen molar-refractivity contribution >= 4 is 43.9 Å². The Bertz CT molecular complexity index is 1360. The smallest absolute Gasteiger partial charge is 0.263 e. The average molecular weight is 460 g/mol. The van der Waals surface area contributed by atoms with E-state index in [9.17, 15) is 4.79 Å². The van der Waals surface area contributed by atoms with Crippen LogP contribution in [-0.4, -0.2) is 30.1 Å². The molecule has 0 unspecified atom stereocenters. The minimum Gasteiger partial charge on any atom is -0.494 e. The molecule has 0 fully saturated rings. The first-order valence-electron chi connectivity index (χ1n) is 11.6. The molecule has 0 aliphatic carbocycles. The van der Waals surface area contributed by atoms with Crippen LogP contribution in [0.5, 0.6) is 5.75 Å². The molecule has 1 atom stereocenters. The summed E-state index contributed by atoms with van der Waals surface area (Å²) in [6, 6.07) is 14.9. The van der Waals surface area contributed by atoms with Crippen LogP contribution in [0.2, 0.25) is 0 Å². The van der Waals surface area contributed by atoms with Gasteiger partial charge in [0.15, 0.2) is 0 Å². The number of carbonyl (C=O) groups is 1. The number of carbonyl (C=O) groups excluding carboxylic acids is 1. The zero-order valence-electron chi connectivity index (χ0n) is 19.5. The number of thiophene rings is 1. The third kappa shape index (κ3) is 4.04. The monoisotopic (exact) mass is 459 g/mol. The van der Waals surface area contributed by atoms with Gasteiger partial charge in [0.1, 0.15) is 10.6 Å². The van der Waals surface area contributed by atoms with Crippen molar-refractivity contribution in [1.82, 2.24) is 10.3 Å². The molecule has 2 aromatic carbocycles. The Balaban J connectivity index is 1.63. The molecule has 2 aromatic heterocycles. The third-order valence-corrected chi connectivity index (χ3v) is 7.21. The summed E-state index contributed by atoms with van der Waals surface area (Å²) in [5.41, 5.74) is 5.07. The van der Waals surface area contributed by atoms with Crippen LogP contribution in [0.4, 0.5) is 5.69 Å². The fourth-order valence-corrected chi connectivity index (χ4v) is 5.39. The van der Waals surface area contributed by atoms with Gasteiger partial charge in [0.2, 0.25) is 0 Å². The zero-order valence-corrected chi connectivity index (χ0v) is 20.3. The maximum atomic E-state index is 12.7. The number of hydrogen-bond donors (Lipinski definition) is 2. The summed E-state index contributed by atoms with van der Waals surface area (Å²) in [6.45, 7) is 9.92. The summed E-state index contributed by atoms with van der Waals surface area (Å²) in [6.07, 6.45) is 0.973. The van der Waals surface area contributed by atoms with E-state index < -0.39 is 0 Å². The standard InChI is InChI=1S/C27H29N3O2S/c1-5-10-32-19-12-17(15(2)3)11-18(13-19)21-7-6-20-22(30-21)8-9-23-24(20)25-26(33-23)27(31)29-16(4)14-28-25/h6-9,11-13,15-16,28H,5,10,14H2,1-4H3,(H,29,31)/t16-/m1/s1. The Morgan fingerprint density at radius 3 is 2.82 bits per heavy atom. The van der Waals surface area contributed by atoms with Crippen molar-refractivity contribution in [1.29, 1.82) is 0 Å².